The number of carbonyl (C=O) groups excluding carboxylic acids is 1. The first kappa shape index (κ1) is 28.6. The standard InChI is InChI=1S/C24H28F9N3O2/c25-22(26,27)17-14-16(4-5-18(17)34-9-1-2-10-34)15-36-11-3-6-21(36)7-12-35(13-8-21)20(37)38-19(23(28,29)30)24(31,32)33/h4-5,14,19H,1-3,6-13,15H2. The van der Waals surface area contributed by atoms with Gasteiger partial charge >= 0.3 is 24.6 Å². The highest BCUT2D eigenvalue weighted by molar-refractivity contribution is 5.68. The first-order valence-corrected chi connectivity index (χ1v) is 12.4. The van der Waals surface area contributed by atoms with Gasteiger partial charge in [0.15, 0.2) is 0 Å². The van der Waals surface area contributed by atoms with Gasteiger partial charge in [0.2, 0.25) is 0 Å². The fraction of sp³-hybridized carbons (Fsp3) is 0.708. The highest BCUT2D eigenvalue weighted by Gasteiger charge is 2.60. The lowest BCUT2D eigenvalue weighted by Gasteiger charge is -2.45. The van der Waals surface area contributed by atoms with E-state index >= 15 is 0 Å². The molecule has 0 unspecified atom stereocenters. The molecule has 0 radical (unpaired) electrons. The summed E-state index contributed by atoms with van der Waals surface area (Å²) in [6.45, 7) is 1.65. The third-order valence-electron chi connectivity index (χ3n) is 7.69. The Balaban J connectivity index is 1.43. The topological polar surface area (TPSA) is 36.0 Å². The molecule has 3 saturated heterocycles. The number of hydrogen-bond donors (Lipinski definition) is 0. The average molecular weight is 561 g/mol. The number of alkyl halides is 9. The summed E-state index contributed by atoms with van der Waals surface area (Å²) in [4.78, 5) is 16.7. The second kappa shape index (κ2) is 10.3. The van der Waals surface area contributed by atoms with Gasteiger partial charge in [-0.25, -0.2) is 4.79 Å². The number of hydrogen-bond acceptors (Lipinski definition) is 4. The summed E-state index contributed by atoms with van der Waals surface area (Å²) in [6.07, 6.45) is -18.5. The molecule has 3 aliphatic rings. The Morgan fingerprint density at radius 1 is 0.842 bits per heavy atom. The SMILES string of the molecule is O=C(OC(C(F)(F)F)C(F)(F)F)N1CCC2(CCCN2Cc2ccc(N3CCCC3)c(C(F)(F)F)c2)CC1. The van der Waals surface area contributed by atoms with Gasteiger partial charge in [0.05, 0.1) is 5.56 Å². The van der Waals surface area contributed by atoms with E-state index in [1.807, 2.05) is 4.90 Å². The van der Waals surface area contributed by atoms with Crippen LogP contribution >= 0.6 is 0 Å². The van der Waals surface area contributed by atoms with Gasteiger partial charge in [0.1, 0.15) is 0 Å². The van der Waals surface area contributed by atoms with E-state index in [0.29, 0.717) is 31.6 Å². The smallest absolute Gasteiger partial charge is 0.426 e. The average Bonchev–Trinajstić information content (AvgIpc) is 3.47. The summed E-state index contributed by atoms with van der Waals surface area (Å²) in [5, 5.41) is 0. The van der Waals surface area contributed by atoms with Gasteiger partial charge < -0.3 is 14.5 Å². The van der Waals surface area contributed by atoms with Crippen molar-refractivity contribution >= 4 is 11.8 Å². The van der Waals surface area contributed by atoms with E-state index in [2.05, 4.69) is 4.74 Å². The van der Waals surface area contributed by atoms with Gasteiger partial charge in [-0.1, -0.05) is 6.07 Å². The number of nitrogens with zero attached hydrogens (tertiary/aromatic N) is 3. The van der Waals surface area contributed by atoms with Gasteiger partial charge in [-0.15, -0.1) is 0 Å². The van der Waals surface area contributed by atoms with Crippen molar-refractivity contribution in [1.82, 2.24) is 9.80 Å². The maximum absolute atomic E-state index is 13.9. The molecule has 0 aliphatic carbocycles. The van der Waals surface area contributed by atoms with Crippen LogP contribution < -0.4 is 4.90 Å². The molecular formula is C24H28F9N3O2. The van der Waals surface area contributed by atoms with E-state index in [-0.39, 0.29) is 38.2 Å². The summed E-state index contributed by atoms with van der Waals surface area (Å²) < 4.78 is 122. The minimum atomic E-state index is -5.80. The maximum Gasteiger partial charge on any atom is 0.434 e. The third-order valence-corrected chi connectivity index (χ3v) is 7.69. The lowest BCUT2D eigenvalue weighted by molar-refractivity contribution is -0.308. The molecule has 5 nitrogen and oxygen atoms in total. The van der Waals surface area contributed by atoms with Crippen LogP contribution in [-0.4, -0.2) is 72.6 Å². The van der Waals surface area contributed by atoms with Crippen molar-refractivity contribution in [1.29, 1.82) is 0 Å². The van der Waals surface area contributed by atoms with Crippen LogP contribution in [0.4, 0.5) is 50.0 Å². The molecule has 3 fully saturated rings. The number of halogens is 9. The Bertz CT molecular complexity index is 981. The summed E-state index contributed by atoms with van der Waals surface area (Å²) in [5.74, 6) is 0. The normalized spacial score (nSPS) is 21.1. The lowest BCUT2D eigenvalue weighted by atomic mass is 9.85. The van der Waals surface area contributed by atoms with Crippen molar-refractivity contribution in [2.45, 2.75) is 75.2 Å². The predicted octanol–water partition coefficient (Wildman–Crippen LogP) is 6.37. The molecule has 0 atom stereocenters. The summed E-state index contributed by atoms with van der Waals surface area (Å²) >= 11 is 0. The van der Waals surface area contributed by atoms with Crippen molar-refractivity contribution in [2.24, 2.45) is 0 Å². The van der Waals surface area contributed by atoms with Crippen molar-refractivity contribution in [3.8, 4) is 0 Å². The molecule has 0 N–H and O–H groups in total. The Labute approximate surface area is 213 Å². The highest BCUT2D eigenvalue weighted by Crippen LogP contribution is 2.42. The first-order valence-electron chi connectivity index (χ1n) is 12.4. The van der Waals surface area contributed by atoms with Crippen LogP contribution in [0.1, 0.15) is 49.7 Å². The second-order valence-corrected chi connectivity index (χ2v) is 10.1. The van der Waals surface area contributed by atoms with Crippen LogP contribution in [0, 0.1) is 0 Å². The van der Waals surface area contributed by atoms with E-state index in [1.54, 1.807) is 11.0 Å². The molecule has 1 aromatic carbocycles. The third kappa shape index (κ3) is 6.09. The Morgan fingerprint density at radius 3 is 2.00 bits per heavy atom. The van der Waals surface area contributed by atoms with Crippen LogP contribution in [0.15, 0.2) is 18.2 Å². The maximum atomic E-state index is 13.9. The molecule has 14 heteroatoms. The minimum Gasteiger partial charge on any atom is -0.426 e. The summed E-state index contributed by atoms with van der Waals surface area (Å²) in [7, 11) is 0. The molecule has 38 heavy (non-hydrogen) atoms. The zero-order valence-electron chi connectivity index (χ0n) is 20.4. The molecule has 3 heterocycles. The lowest BCUT2D eigenvalue weighted by Crippen LogP contribution is -2.54. The number of ether oxygens (including phenoxy) is 1. The molecular weight excluding hydrogens is 533 g/mol. The van der Waals surface area contributed by atoms with Crippen molar-refractivity contribution in [2.75, 3.05) is 37.6 Å². The Morgan fingerprint density at radius 2 is 1.45 bits per heavy atom. The fourth-order valence-electron chi connectivity index (χ4n) is 5.77. The molecule has 0 bridgehead atoms. The number of rotatable bonds is 4. The van der Waals surface area contributed by atoms with Gasteiger partial charge in [-0.3, -0.25) is 4.90 Å². The molecule has 1 amide bonds. The number of carbonyl (C=O) groups is 1. The fourth-order valence-corrected chi connectivity index (χ4v) is 5.77. The number of anilines is 1. The van der Waals surface area contributed by atoms with E-state index in [9.17, 15) is 44.3 Å². The number of amides is 1. The molecule has 1 aromatic rings. The summed E-state index contributed by atoms with van der Waals surface area (Å²) in [6, 6.07) is 4.30. The zero-order chi connectivity index (χ0) is 27.9. The number of likely N-dealkylation sites (tertiary alicyclic amines) is 2. The van der Waals surface area contributed by atoms with Gasteiger partial charge in [0.25, 0.3) is 6.10 Å². The summed E-state index contributed by atoms with van der Waals surface area (Å²) in [5.41, 5.74) is -0.609. The predicted molar refractivity (Wildman–Crippen MR) is 118 cm³/mol. The monoisotopic (exact) mass is 561 g/mol. The van der Waals surface area contributed by atoms with Crippen LogP contribution in [0.3, 0.4) is 0 Å². The van der Waals surface area contributed by atoms with Crippen LogP contribution in [0.2, 0.25) is 0 Å². The van der Waals surface area contributed by atoms with Crippen LogP contribution in [0.5, 0.6) is 0 Å². The quantitative estimate of drug-likeness (QED) is 0.401. The van der Waals surface area contributed by atoms with Gasteiger partial charge in [-0.2, -0.15) is 39.5 Å². The molecule has 3 aliphatic heterocycles. The van der Waals surface area contributed by atoms with E-state index in [0.717, 1.165) is 30.2 Å². The van der Waals surface area contributed by atoms with Gasteiger partial charge in [-0.05, 0) is 62.8 Å². The van der Waals surface area contributed by atoms with Gasteiger partial charge in [0, 0.05) is 44.0 Å². The second-order valence-electron chi connectivity index (χ2n) is 10.1. The molecule has 214 valence electrons. The Kier molecular flexibility index (Phi) is 7.76. The van der Waals surface area contributed by atoms with Crippen LogP contribution in [0.25, 0.3) is 0 Å². The molecule has 4 rings (SSSR count). The molecule has 0 saturated carbocycles. The molecule has 0 aromatic heterocycles. The van der Waals surface area contributed by atoms with Crippen molar-refractivity contribution < 1.29 is 49.0 Å². The van der Waals surface area contributed by atoms with E-state index in [1.165, 1.54) is 6.07 Å². The van der Waals surface area contributed by atoms with Crippen molar-refractivity contribution in [3.63, 3.8) is 0 Å². The molecule has 1 spiro atoms. The largest absolute Gasteiger partial charge is 0.434 e. The number of piperidine rings is 1. The van der Waals surface area contributed by atoms with E-state index < -0.39 is 41.8 Å². The first-order chi connectivity index (χ1) is 17.6. The number of benzene rings is 1. The highest BCUT2D eigenvalue weighted by atomic mass is 19.4. The Hall–Kier alpha value is -2.38. The van der Waals surface area contributed by atoms with Crippen LogP contribution in [-0.2, 0) is 17.5 Å². The van der Waals surface area contributed by atoms with Crippen molar-refractivity contribution in [3.05, 3.63) is 29.3 Å². The zero-order valence-corrected chi connectivity index (χ0v) is 20.4. The minimum absolute atomic E-state index is 0.126. The van der Waals surface area contributed by atoms with E-state index in [4.69, 9.17) is 0 Å².